The molecule has 1 saturated heterocycles. The second-order valence-corrected chi connectivity index (χ2v) is 7.87. The van der Waals surface area contributed by atoms with Crippen LogP contribution in [0.1, 0.15) is 48.5 Å². The molecule has 1 aliphatic rings. The Labute approximate surface area is 138 Å². The number of rotatable bonds is 3. The Hall–Kier alpha value is -1.89. The van der Waals surface area contributed by atoms with E-state index in [-0.39, 0.29) is 12.5 Å². The molecule has 1 amide bonds. The van der Waals surface area contributed by atoms with Gasteiger partial charge in [0.15, 0.2) is 0 Å². The van der Waals surface area contributed by atoms with E-state index in [2.05, 4.69) is 18.9 Å². The summed E-state index contributed by atoms with van der Waals surface area (Å²) < 4.78 is 1.82. The fourth-order valence-electron chi connectivity index (χ4n) is 3.06. The van der Waals surface area contributed by atoms with Gasteiger partial charge in [-0.2, -0.15) is 5.10 Å². The van der Waals surface area contributed by atoms with Crippen molar-refractivity contribution in [2.75, 3.05) is 13.1 Å². The summed E-state index contributed by atoms with van der Waals surface area (Å²) in [5.74, 6) is -0.625. The minimum atomic E-state index is -0.838. The summed E-state index contributed by atoms with van der Waals surface area (Å²) in [7, 11) is 1.89. The SMILES string of the molecule is CC(C)c1nn(C)c2sc(C(=O)N3CCC(C)(C(=O)O)C3)cc12. The Balaban J connectivity index is 1.91. The lowest BCUT2D eigenvalue weighted by Gasteiger charge is -2.19. The van der Waals surface area contributed by atoms with Crippen LogP contribution < -0.4 is 0 Å². The number of carbonyl (C=O) groups is 2. The standard InChI is InChI=1S/C16H21N3O3S/c1-9(2)12-10-7-11(23-14(10)18(4)17-12)13(20)19-6-5-16(3,8-19)15(21)22/h7,9H,5-6,8H2,1-4H3,(H,21,22). The summed E-state index contributed by atoms with van der Waals surface area (Å²) in [5.41, 5.74) is 0.159. The van der Waals surface area contributed by atoms with Crippen LogP contribution in [0.2, 0.25) is 0 Å². The van der Waals surface area contributed by atoms with Gasteiger partial charge in [-0.05, 0) is 25.3 Å². The minimum Gasteiger partial charge on any atom is -0.481 e. The van der Waals surface area contributed by atoms with Gasteiger partial charge >= 0.3 is 5.97 Å². The topological polar surface area (TPSA) is 75.4 Å². The van der Waals surface area contributed by atoms with Crippen molar-refractivity contribution in [3.63, 3.8) is 0 Å². The number of hydrogen-bond donors (Lipinski definition) is 1. The first-order chi connectivity index (χ1) is 10.7. The molecule has 23 heavy (non-hydrogen) atoms. The van der Waals surface area contributed by atoms with Gasteiger partial charge in [-0.15, -0.1) is 11.3 Å². The summed E-state index contributed by atoms with van der Waals surface area (Å²) >= 11 is 1.43. The maximum absolute atomic E-state index is 12.7. The first-order valence-electron chi connectivity index (χ1n) is 7.72. The van der Waals surface area contributed by atoms with Crippen molar-refractivity contribution in [3.8, 4) is 0 Å². The van der Waals surface area contributed by atoms with Gasteiger partial charge in [-0.1, -0.05) is 13.8 Å². The van der Waals surface area contributed by atoms with E-state index in [1.807, 2.05) is 17.8 Å². The third-order valence-corrected chi connectivity index (χ3v) is 5.76. The Bertz CT molecular complexity index is 792. The van der Waals surface area contributed by atoms with Crippen LogP contribution in [0, 0.1) is 5.41 Å². The molecule has 2 aromatic heterocycles. The van der Waals surface area contributed by atoms with Crippen LogP contribution in [0.4, 0.5) is 0 Å². The molecular weight excluding hydrogens is 314 g/mol. The third kappa shape index (κ3) is 2.52. The van der Waals surface area contributed by atoms with Crippen LogP contribution in [0.15, 0.2) is 6.07 Å². The highest BCUT2D eigenvalue weighted by molar-refractivity contribution is 7.20. The number of carbonyl (C=O) groups excluding carboxylic acids is 1. The highest BCUT2D eigenvalue weighted by Gasteiger charge is 2.42. The van der Waals surface area contributed by atoms with Crippen molar-refractivity contribution >= 4 is 33.4 Å². The number of fused-ring (bicyclic) bond motifs is 1. The Kier molecular flexibility index (Phi) is 3.71. The number of aliphatic carboxylic acids is 1. The van der Waals surface area contributed by atoms with Crippen molar-refractivity contribution in [1.82, 2.24) is 14.7 Å². The van der Waals surface area contributed by atoms with E-state index in [1.165, 1.54) is 11.3 Å². The van der Waals surface area contributed by atoms with Gasteiger partial charge in [0, 0.05) is 25.5 Å². The number of amides is 1. The molecule has 0 aromatic carbocycles. The number of aromatic nitrogens is 2. The lowest BCUT2D eigenvalue weighted by molar-refractivity contribution is -0.147. The average Bonchev–Trinajstić information content (AvgIpc) is 3.14. The first kappa shape index (κ1) is 16.0. The van der Waals surface area contributed by atoms with Gasteiger partial charge in [0.1, 0.15) is 4.83 Å². The van der Waals surface area contributed by atoms with Crippen molar-refractivity contribution in [3.05, 3.63) is 16.6 Å². The van der Waals surface area contributed by atoms with E-state index in [4.69, 9.17) is 0 Å². The average molecular weight is 335 g/mol. The summed E-state index contributed by atoms with van der Waals surface area (Å²) in [6.45, 7) is 6.63. The predicted octanol–water partition coefficient (Wildman–Crippen LogP) is 2.70. The van der Waals surface area contributed by atoms with E-state index < -0.39 is 11.4 Å². The second kappa shape index (κ2) is 5.33. The number of thiophene rings is 1. The fourth-order valence-corrected chi connectivity index (χ4v) is 4.11. The van der Waals surface area contributed by atoms with Gasteiger partial charge in [-0.25, -0.2) is 0 Å². The molecular formula is C16H21N3O3S. The number of nitrogens with zero attached hydrogens (tertiary/aromatic N) is 3. The van der Waals surface area contributed by atoms with Crippen molar-refractivity contribution in [2.45, 2.75) is 33.1 Å². The maximum atomic E-state index is 12.7. The molecule has 7 heteroatoms. The Morgan fingerprint density at radius 1 is 1.43 bits per heavy atom. The van der Waals surface area contributed by atoms with Crippen LogP contribution >= 0.6 is 11.3 Å². The van der Waals surface area contributed by atoms with Crippen molar-refractivity contribution < 1.29 is 14.7 Å². The quantitative estimate of drug-likeness (QED) is 0.936. The van der Waals surface area contributed by atoms with E-state index in [0.29, 0.717) is 23.8 Å². The predicted molar refractivity (Wildman–Crippen MR) is 88.9 cm³/mol. The molecule has 0 spiro atoms. The van der Waals surface area contributed by atoms with E-state index in [0.717, 1.165) is 15.9 Å². The number of carboxylic acids is 1. The number of likely N-dealkylation sites (tertiary alicyclic amines) is 1. The molecule has 0 bridgehead atoms. The van der Waals surface area contributed by atoms with Gasteiger partial charge in [0.05, 0.1) is 16.0 Å². The largest absolute Gasteiger partial charge is 0.481 e. The molecule has 1 unspecified atom stereocenters. The monoisotopic (exact) mass is 335 g/mol. The highest BCUT2D eigenvalue weighted by atomic mass is 32.1. The molecule has 0 saturated carbocycles. The molecule has 1 N–H and O–H groups in total. The summed E-state index contributed by atoms with van der Waals surface area (Å²) in [4.78, 5) is 27.4. The number of hydrogen-bond acceptors (Lipinski definition) is 4. The van der Waals surface area contributed by atoms with Crippen molar-refractivity contribution in [2.24, 2.45) is 12.5 Å². The molecule has 6 nitrogen and oxygen atoms in total. The lowest BCUT2D eigenvalue weighted by Crippen LogP contribution is -2.34. The zero-order chi connectivity index (χ0) is 16.9. The summed E-state index contributed by atoms with van der Waals surface area (Å²) in [5, 5.41) is 14.9. The number of carboxylic acid groups (broad SMARTS) is 1. The van der Waals surface area contributed by atoms with Gasteiger partial charge in [0.25, 0.3) is 5.91 Å². The normalized spacial score (nSPS) is 21.5. The molecule has 3 heterocycles. The molecule has 124 valence electrons. The maximum Gasteiger partial charge on any atom is 0.311 e. The first-order valence-corrected chi connectivity index (χ1v) is 8.53. The molecule has 0 radical (unpaired) electrons. The number of aryl methyl sites for hydroxylation is 1. The third-order valence-electron chi connectivity index (χ3n) is 4.57. The molecule has 1 aliphatic heterocycles. The molecule has 3 rings (SSSR count). The van der Waals surface area contributed by atoms with Gasteiger partial charge in [0.2, 0.25) is 0 Å². The molecule has 0 aliphatic carbocycles. The van der Waals surface area contributed by atoms with Crippen LogP contribution in [0.25, 0.3) is 10.2 Å². The van der Waals surface area contributed by atoms with E-state index in [9.17, 15) is 14.7 Å². The molecule has 2 aromatic rings. The smallest absolute Gasteiger partial charge is 0.311 e. The van der Waals surface area contributed by atoms with Crippen LogP contribution in [-0.4, -0.2) is 44.8 Å². The van der Waals surface area contributed by atoms with Crippen molar-refractivity contribution in [1.29, 1.82) is 0 Å². The van der Waals surface area contributed by atoms with Crippen LogP contribution in [-0.2, 0) is 11.8 Å². The molecule has 1 fully saturated rings. The van der Waals surface area contributed by atoms with E-state index >= 15 is 0 Å². The van der Waals surface area contributed by atoms with Gasteiger partial charge in [-0.3, -0.25) is 14.3 Å². The second-order valence-electron chi connectivity index (χ2n) is 6.84. The van der Waals surface area contributed by atoms with Gasteiger partial charge < -0.3 is 10.0 Å². The molecule has 1 atom stereocenters. The zero-order valence-corrected chi connectivity index (χ0v) is 14.6. The van der Waals surface area contributed by atoms with E-state index in [1.54, 1.807) is 11.8 Å². The zero-order valence-electron chi connectivity index (χ0n) is 13.8. The van der Waals surface area contributed by atoms with Crippen LogP contribution in [0.3, 0.4) is 0 Å². The fraction of sp³-hybridized carbons (Fsp3) is 0.562. The summed E-state index contributed by atoms with van der Waals surface area (Å²) in [6.07, 6.45) is 0.498. The van der Waals surface area contributed by atoms with Crippen LogP contribution in [0.5, 0.6) is 0 Å². The summed E-state index contributed by atoms with van der Waals surface area (Å²) in [6, 6.07) is 1.90. The Morgan fingerprint density at radius 3 is 2.70 bits per heavy atom. The Morgan fingerprint density at radius 2 is 2.13 bits per heavy atom. The lowest BCUT2D eigenvalue weighted by atomic mass is 9.90. The minimum absolute atomic E-state index is 0.0779. The highest BCUT2D eigenvalue weighted by Crippen LogP contribution is 2.35.